The monoisotopic (exact) mass is 648 g/mol. The van der Waals surface area contributed by atoms with Gasteiger partial charge in [0.25, 0.3) is 0 Å². The Morgan fingerprint density at radius 1 is 1.17 bits per heavy atom. The van der Waals surface area contributed by atoms with E-state index in [9.17, 15) is 14.7 Å². The van der Waals surface area contributed by atoms with Crippen LogP contribution in [0.3, 0.4) is 0 Å². The van der Waals surface area contributed by atoms with Crippen LogP contribution in [0.25, 0.3) is 16.6 Å². The van der Waals surface area contributed by atoms with Crippen molar-refractivity contribution in [2.24, 2.45) is 5.92 Å². The van der Waals surface area contributed by atoms with Crippen LogP contribution in [0.4, 0.5) is 15.9 Å². The summed E-state index contributed by atoms with van der Waals surface area (Å²) in [5, 5.41) is 10.2. The third-order valence-corrected chi connectivity index (χ3v) is 9.91. The summed E-state index contributed by atoms with van der Waals surface area (Å²) in [5.41, 5.74) is 0.0757. The average molecular weight is 649 g/mol. The Labute approximate surface area is 269 Å². The maximum absolute atomic E-state index is 16.1. The zero-order chi connectivity index (χ0) is 32.3. The van der Waals surface area contributed by atoms with Crippen molar-refractivity contribution in [3.05, 3.63) is 75.4 Å². The van der Waals surface area contributed by atoms with E-state index in [2.05, 4.69) is 19.8 Å². The Balaban J connectivity index is 1.26. The van der Waals surface area contributed by atoms with Gasteiger partial charge >= 0.3 is 5.97 Å². The van der Waals surface area contributed by atoms with Gasteiger partial charge in [-0.3, -0.25) is 4.79 Å². The molecule has 3 aromatic heterocycles. The molecule has 3 atom stereocenters. The molecule has 3 fully saturated rings. The highest BCUT2D eigenvalue weighted by molar-refractivity contribution is 6.31. The van der Waals surface area contributed by atoms with E-state index in [1.54, 1.807) is 29.0 Å². The van der Waals surface area contributed by atoms with Gasteiger partial charge in [0.15, 0.2) is 0 Å². The van der Waals surface area contributed by atoms with Gasteiger partial charge in [0, 0.05) is 42.8 Å². The number of fused-ring (bicyclic) bond motifs is 2. The molecule has 0 unspecified atom stereocenters. The number of halogens is 2. The summed E-state index contributed by atoms with van der Waals surface area (Å²) in [4.78, 5) is 40.7. The van der Waals surface area contributed by atoms with Crippen LogP contribution in [0.5, 0.6) is 11.8 Å². The number of methoxy groups -OCH3 is 1. The second kappa shape index (κ2) is 11.7. The fraction of sp³-hybridized carbons (Fsp3) is 0.394. The maximum atomic E-state index is 16.1. The van der Waals surface area contributed by atoms with Crippen molar-refractivity contribution in [1.29, 1.82) is 0 Å². The zero-order valence-corrected chi connectivity index (χ0v) is 26.4. The number of benzene rings is 1. The molecule has 1 saturated carbocycles. The first-order chi connectivity index (χ1) is 22.1. The fourth-order valence-electron chi connectivity index (χ4n) is 6.82. The third-order valence-electron chi connectivity index (χ3n) is 9.62. The van der Waals surface area contributed by atoms with Crippen molar-refractivity contribution in [3.8, 4) is 17.4 Å². The van der Waals surface area contributed by atoms with Crippen molar-refractivity contribution < 1.29 is 23.8 Å². The highest BCUT2D eigenvalue weighted by atomic mass is 35.5. The molecule has 0 spiro atoms. The van der Waals surface area contributed by atoms with Crippen molar-refractivity contribution in [2.45, 2.75) is 37.4 Å². The van der Waals surface area contributed by atoms with E-state index in [0.29, 0.717) is 39.8 Å². The number of likely N-dealkylation sites (N-methyl/N-ethyl adjacent to an activating group) is 1. The molecule has 1 aliphatic carbocycles. The van der Waals surface area contributed by atoms with E-state index < -0.39 is 22.8 Å². The van der Waals surface area contributed by atoms with E-state index in [0.717, 1.165) is 44.2 Å². The molecule has 46 heavy (non-hydrogen) atoms. The summed E-state index contributed by atoms with van der Waals surface area (Å²) >= 11 is 6.33. The van der Waals surface area contributed by atoms with Crippen molar-refractivity contribution in [2.75, 3.05) is 50.7 Å². The molecule has 1 N–H and O–H groups in total. The predicted molar refractivity (Wildman–Crippen MR) is 173 cm³/mol. The van der Waals surface area contributed by atoms with Gasteiger partial charge in [-0.1, -0.05) is 11.6 Å². The van der Waals surface area contributed by atoms with Crippen LogP contribution in [0.15, 0.2) is 53.6 Å². The lowest BCUT2D eigenvalue weighted by atomic mass is 9.80. The SMILES string of the molecule is COc1ccc(Cl)c(OC[C@H]2C[C@@H]3CC[C@@H]3N2c2cc3c(cc2F)c(=O)c(C(=O)O)cn3-c2ccc(N3CC(N(C)C)C3)nc2)n1. The van der Waals surface area contributed by atoms with E-state index in [-0.39, 0.29) is 30.0 Å². The Hall–Kier alpha value is -4.42. The van der Waals surface area contributed by atoms with E-state index in [1.807, 2.05) is 31.1 Å². The first kappa shape index (κ1) is 30.2. The van der Waals surface area contributed by atoms with Crippen LogP contribution in [-0.2, 0) is 0 Å². The molecular weight excluding hydrogens is 615 g/mol. The minimum absolute atomic E-state index is 0.0219. The van der Waals surface area contributed by atoms with Gasteiger partial charge in [0.2, 0.25) is 17.2 Å². The predicted octanol–water partition coefficient (Wildman–Crippen LogP) is 4.47. The molecule has 0 bridgehead atoms. The number of carboxylic acid groups (broad SMARTS) is 1. The number of pyridine rings is 3. The molecule has 0 amide bonds. The summed E-state index contributed by atoms with van der Waals surface area (Å²) in [7, 11) is 5.61. The fourth-order valence-corrected chi connectivity index (χ4v) is 6.98. The number of nitrogens with zero attached hydrogens (tertiary/aromatic N) is 6. The Kier molecular flexibility index (Phi) is 7.72. The number of hydrogen-bond donors (Lipinski definition) is 1. The van der Waals surface area contributed by atoms with Crippen LogP contribution < -0.4 is 24.7 Å². The maximum Gasteiger partial charge on any atom is 0.341 e. The van der Waals surface area contributed by atoms with Crippen LogP contribution in [0.2, 0.25) is 5.02 Å². The highest BCUT2D eigenvalue weighted by Crippen LogP contribution is 2.47. The van der Waals surface area contributed by atoms with Crippen LogP contribution in [0.1, 0.15) is 29.6 Å². The molecule has 2 aliphatic heterocycles. The van der Waals surface area contributed by atoms with Gasteiger partial charge in [-0.05, 0) is 69.6 Å². The normalized spacial score (nSPS) is 20.9. The smallest absolute Gasteiger partial charge is 0.341 e. The summed E-state index contributed by atoms with van der Waals surface area (Å²) in [6.07, 6.45) is 5.67. The topological polar surface area (TPSA) is 113 Å². The van der Waals surface area contributed by atoms with E-state index >= 15 is 4.39 Å². The number of aromatic carboxylic acids is 1. The summed E-state index contributed by atoms with van der Waals surface area (Å²) in [6.45, 7) is 1.93. The number of carbonyl (C=O) groups is 1. The lowest BCUT2D eigenvalue weighted by Crippen LogP contribution is -2.57. The number of carboxylic acids is 1. The first-order valence-corrected chi connectivity index (χ1v) is 15.6. The molecule has 5 heterocycles. The van der Waals surface area contributed by atoms with Gasteiger partial charge in [0.05, 0.1) is 36.2 Å². The minimum Gasteiger partial charge on any atom is -0.481 e. The second-order valence-corrected chi connectivity index (χ2v) is 12.8. The summed E-state index contributed by atoms with van der Waals surface area (Å²) < 4.78 is 29.0. The van der Waals surface area contributed by atoms with Gasteiger partial charge in [-0.2, -0.15) is 4.98 Å². The number of anilines is 2. The van der Waals surface area contributed by atoms with Gasteiger partial charge in [0.1, 0.15) is 28.8 Å². The van der Waals surface area contributed by atoms with Crippen molar-refractivity contribution >= 4 is 40.0 Å². The van der Waals surface area contributed by atoms with Gasteiger partial charge in [-0.25, -0.2) is 14.2 Å². The van der Waals surface area contributed by atoms with E-state index in [1.165, 1.54) is 13.3 Å². The average Bonchev–Trinajstić information content (AvgIpc) is 3.24. The Bertz CT molecular complexity index is 1880. The molecule has 4 aromatic rings. The van der Waals surface area contributed by atoms with Crippen LogP contribution in [-0.4, -0.2) is 89.5 Å². The zero-order valence-electron chi connectivity index (χ0n) is 25.7. The number of rotatable bonds is 9. The second-order valence-electron chi connectivity index (χ2n) is 12.4. The van der Waals surface area contributed by atoms with Crippen LogP contribution in [0, 0.1) is 11.7 Å². The van der Waals surface area contributed by atoms with Gasteiger partial charge < -0.3 is 33.8 Å². The highest BCUT2D eigenvalue weighted by Gasteiger charge is 2.47. The number of aromatic nitrogens is 3. The number of hydrogen-bond acceptors (Lipinski definition) is 9. The standard InChI is InChI=1S/C33H34ClFN6O5/c1-38(2)21-14-39(15-21)29-8-5-19(13-36-29)40-16-23(33(43)44)31(42)22-11-25(35)28(12-27(22)40)41-20(10-18-4-7-26(18)41)17-46-32-24(34)6-9-30(37-32)45-3/h5-6,8-9,11-13,16,18,20-21,26H,4,7,10,14-15,17H2,1-3H3,(H,43,44)/t18-,20+,26-/m0/s1. The van der Waals surface area contributed by atoms with Gasteiger partial charge in [-0.15, -0.1) is 0 Å². The summed E-state index contributed by atoms with van der Waals surface area (Å²) in [6, 6.07) is 10.2. The van der Waals surface area contributed by atoms with Crippen molar-refractivity contribution in [3.63, 3.8) is 0 Å². The lowest BCUT2D eigenvalue weighted by Gasteiger charge is -2.43. The molecular formula is C33H34ClFN6O5. The molecule has 11 nitrogen and oxygen atoms in total. The molecule has 2 saturated heterocycles. The van der Waals surface area contributed by atoms with E-state index in [4.69, 9.17) is 21.1 Å². The first-order valence-electron chi connectivity index (χ1n) is 15.2. The number of ether oxygens (including phenoxy) is 2. The molecule has 0 radical (unpaired) electrons. The molecule has 7 rings (SSSR count). The Morgan fingerprint density at radius 3 is 2.63 bits per heavy atom. The Morgan fingerprint density at radius 2 is 1.98 bits per heavy atom. The minimum atomic E-state index is -1.39. The van der Waals surface area contributed by atoms with Crippen molar-refractivity contribution in [1.82, 2.24) is 19.4 Å². The largest absolute Gasteiger partial charge is 0.481 e. The quantitative estimate of drug-likeness (QED) is 0.279. The summed E-state index contributed by atoms with van der Waals surface area (Å²) in [5.74, 6) is -0.203. The molecule has 13 heteroatoms. The lowest BCUT2D eigenvalue weighted by molar-refractivity contribution is 0.0695. The molecule has 240 valence electrons. The van der Waals surface area contributed by atoms with Crippen LogP contribution >= 0.6 is 11.6 Å². The molecule has 1 aromatic carbocycles. The molecule has 3 aliphatic rings. The third kappa shape index (κ3) is 5.19.